The summed E-state index contributed by atoms with van der Waals surface area (Å²) in [4.78, 5) is 50.3. The van der Waals surface area contributed by atoms with Crippen molar-refractivity contribution >= 4 is 50.1 Å². The summed E-state index contributed by atoms with van der Waals surface area (Å²) in [6.45, 7) is 7.85. The third kappa shape index (κ3) is 9.23. The number of hydrogen-bond donors (Lipinski definition) is 1. The first kappa shape index (κ1) is 40.5. The van der Waals surface area contributed by atoms with Crippen LogP contribution in [0.15, 0.2) is 36.4 Å². The van der Waals surface area contributed by atoms with Crippen molar-refractivity contribution in [2.24, 2.45) is 11.8 Å². The van der Waals surface area contributed by atoms with Crippen molar-refractivity contribution in [2.75, 3.05) is 28.4 Å². The molecule has 0 spiro atoms. The fraction of sp³-hybridized carbons (Fsp3) is 0.529. The van der Waals surface area contributed by atoms with Gasteiger partial charge in [0.2, 0.25) is 15.7 Å². The van der Waals surface area contributed by atoms with Crippen molar-refractivity contribution in [3.8, 4) is 23.0 Å². The number of carbonyl (C=O) groups excluding carboxylic acids is 3. The summed E-state index contributed by atoms with van der Waals surface area (Å²) in [5.41, 5.74) is 1.08. The molecular weight excluding hydrogens is 669 g/mol. The van der Waals surface area contributed by atoms with Crippen LogP contribution in [0.5, 0.6) is 23.0 Å². The topological polar surface area (TPSA) is 150 Å². The molecule has 4 unspecified atom stereocenters. The third-order valence-electron chi connectivity index (χ3n) is 8.29. The molecule has 0 aliphatic carbocycles. The van der Waals surface area contributed by atoms with Gasteiger partial charge in [0.25, 0.3) is 5.24 Å². The maximum absolute atomic E-state index is 12.1. The van der Waals surface area contributed by atoms with Crippen molar-refractivity contribution in [1.82, 2.24) is 9.80 Å². The van der Waals surface area contributed by atoms with E-state index in [1.54, 1.807) is 36.4 Å². The zero-order valence-electron chi connectivity index (χ0n) is 29.5. The lowest BCUT2D eigenvalue weighted by Gasteiger charge is -2.30. The van der Waals surface area contributed by atoms with E-state index in [2.05, 4.69) is 0 Å². The molecule has 4 rings (SSSR count). The first-order chi connectivity index (χ1) is 23.6. The summed E-state index contributed by atoms with van der Waals surface area (Å²) in [5.74, 6) is -0.144. The Balaban J connectivity index is 0.000000270. The Kier molecular flexibility index (Phi) is 14.4. The van der Waals surface area contributed by atoms with Crippen molar-refractivity contribution in [1.29, 1.82) is 0 Å². The second-order valence-electron chi connectivity index (χ2n) is 12.6. The summed E-state index contributed by atoms with van der Waals surface area (Å²) < 4.78 is 32.6. The highest BCUT2D eigenvalue weighted by atomic mass is 35.5. The van der Waals surface area contributed by atoms with E-state index in [0.29, 0.717) is 47.0 Å². The van der Waals surface area contributed by atoms with Crippen LogP contribution in [0.25, 0.3) is 0 Å². The molecule has 2 aliphatic heterocycles. The maximum Gasteiger partial charge on any atom is 0.335 e. The van der Waals surface area contributed by atoms with E-state index in [9.17, 15) is 24.3 Å². The molecule has 4 radical (unpaired) electrons. The fourth-order valence-corrected chi connectivity index (χ4v) is 6.34. The highest BCUT2D eigenvalue weighted by Crippen LogP contribution is 2.43. The number of rotatable bonds is 12. The van der Waals surface area contributed by atoms with Crippen molar-refractivity contribution < 1.29 is 52.7 Å². The molecule has 2 aliphatic rings. The Morgan fingerprint density at radius 3 is 1.40 bits per heavy atom. The molecule has 13 nitrogen and oxygen atoms in total. The van der Waals surface area contributed by atoms with Crippen molar-refractivity contribution in [2.45, 2.75) is 77.3 Å². The molecule has 2 aromatic rings. The van der Waals surface area contributed by atoms with Crippen LogP contribution in [0.2, 0.25) is 0 Å². The number of nitrogens with zero attached hydrogens (tertiary/aromatic N) is 2. The number of ether oxygens (including phenoxy) is 6. The lowest BCUT2D eigenvalue weighted by molar-refractivity contribution is -0.150. The quantitative estimate of drug-likeness (QED) is 0.232. The minimum atomic E-state index is -1.16. The summed E-state index contributed by atoms with van der Waals surface area (Å²) >= 11 is 5.71. The minimum Gasteiger partial charge on any atom is -0.497 e. The van der Waals surface area contributed by atoms with Crippen LogP contribution in [-0.2, 0) is 19.1 Å². The van der Waals surface area contributed by atoms with E-state index < -0.39 is 59.6 Å². The first-order valence-corrected chi connectivity index (χ1v) is 16.3. The van der Waals surface area contributed by atoms with Crippen molar-refractivity contribution in [3.63, 3.8) is 0 Å². The van der Waals surface area contributed by atoms with Crippen LogP contribution >= 0.6 is 11.6 Å². The average molecular weight is 713 g/mol. The largest absolute Gasteiger partial charge is 0.497 e. The SMILES string of the molecule is [B]C(=O)N1C(c2ccc(OC)cc2OC)O[C@@H](C(=O)Cl)C1CC(C)C.[B]C(=O)N1C(c2ccc(OC)cc2OC)O[C@@H](C(=O)O)C1CC(C)C. The molecule has 2 heterocycles. The molecule has 268 valence electrons. The second kappa shape index (κ2) is 17.8. The smallest absolute Gasteiger partial charge is 0.335 e. The monoisotopic (exact) mass is 712 g/mol. The predicted octanol–water partition coefficient (Wildman–Crippen LogP) is 5.06. The molecule has 2 saturated heterocycles. The van der Waals surface area contributed by atoms with Crippen molar-refractivity contribution in [3.05, 3.63) is 47.5 Å². The first-order valence-electron chi connectivity index (χ1n) is 15.9. The van der Waals surface area contributed by atoms with Gasteiger partial charge in [0.05, 0.1) is 40.5 Å². The normalized spacial score (nSPS) is 22.9. The number of halogens is 1. The van der Waals surface area contributed by atoms with Gasteiger partial charge in [0, 0.05) is 23.3 Å². The lowest BCUT2D eigenvalue weighted by Crippen LogP contribution is -2.43. The average Bonchev–Trinajstić information content (AvgIpc) is 3.63. The summed E-state index contributed by atoms with van der Waals surface area (Å²) in [6.07, 6.45) is -2.94. The molecule has 0 bridgehead atoms. The fourth-order valence-electron chi connectivity index (χ4n) is 6.15. The van der Waals surface area contributed by atoms with E-state index in [0.717, 1.165) is 0 Å². The van der Waals surface area contributed by atoms with Gasteiger partial charge >= 0.3 is 5.97 Å². The molecule has 0 aromatic heterocycles. The Labute approximate surface area is 300 Å². The van der Waals surface area contributed by atoms with E-state index in [-0.39, 0.29) is 11.8 Å². The Hall–Kier alpha value is -3.94. The molecule has 2 amide bonds. The van der Waals surface area contributed by atoms with Gasteiger partial charge in [-0.25, -0.2) is 4.79 Å². The predicted molar refractivity (Wildman–Crippen MR) is 185 cm³/mol. The zero-order chi connectivity index (χ0) is 37.4. The maximum atomic E-state index is 12.1. The van der Waals surface area contributed by atoms with Crippen LogP contribution in [0, 0.1) is 11.8 Å². The number of carboxylic acid groups (broad SMARTS) is 1. The molecule has 50 heavy (non-hydrogen) atoms. The molecular formula is C34H43B2ClN2O11. The summed E-state index contributed by atoms with van der Waals surface area (Å²) in [5, 5.41) is 8.85. The Morgan fingerprint density at radius 1 is 0.720 bits per heavy atom. The number of aliphatic carboxylic acids is 1. The van der Waals surface area contributed by atoms with Crippen LogP contribution in [0.4, 0.5) is 9.59 Å². The van der Waals surface area contributed by atoms with Gasteiger partial charge in [0.1, 0.15) is 23.0 Å². The summed E-state index contributed by atoms with van der Waals surface area (Å²) in [7, 11) is 17.2. The Morgan fingerprint density at radius 2 is 1.10 bits per heavy atom. The number of carbonyl (C=O) groups is 4. The minimum absolute atomic E-state index is 0.161. The van der Waals surface area contributed by atoms with E-state index >= 15 is 0 Å². The standard InChI is InChI=1S/C17H21BClNO5.C17H22BNO6/c1-9(2)7-12-14(15(19)21)25-16(20(12)17(18)22)11-6-5-10(23-3)8-13(11)24-4;1-9(2)7-12-14(16(20)21)25-15(19(12)17(18)22)11-6-5-10(23-3)8-13(11)24-4/h5-6,8-9,12,14,16H,7H2,1-4H3;5-6,8-9,12,14-15H,7H2,1-4H3,(H,20,21)/t12?,14-,16?;12?,14-,15?/m11/s1. The molecule has 16 heteroatoms. The van der Waals surface area contributed by atoms with Crippen LogP contribution < -0.4 is 18.9 Å². The van der Waals surface area contributed by atoms with E-state index in [1.165, 1.54) is 38.2 Å². The van der Waals surface area contributed by atoms with Gasteiger partial charge in [-0.2, -0.15) is 0 Å². The van der Waals surface area contributed by atoms with E-state index in [4.69, 9.17) is 55.7 Å². The number of amides is 2. The second-order valence-corrected chi connectivity index (χ2v) is 12.9. The van der Waals surface area contributed by atoms with E-state index in [1.807, 2.05) is 27.7 Å². The molecule has 0 saturated carbocycles. The van der Waals surface area contributed by atoms with Crippen LogP contribution in [-0.4, -0.2) is 106 Å². The van der Waals surface area contributed by atoms with Gasteiger partial charge in [-0.05, 0) is 60.5 Å². The number of carboxylic acids is 1. The number of hydrogen-bond acceptors (Lipinski definition) is 10. The third-order valence-corrected chi connectivity index (χ3v) is 8.50. The van der Waals surface area contributed by atoms with Gasteiger partial charge in [-0.15, -0.1) is 0 Å². The molecule has 1 N–H and O–H groups in total. The molecule has 6 atom stereocenters. The number of benzene rings is 2. The molecule has 2 aromatic carbocycles. The van der Waals surface area contributed by atoms with Gasteiger partial charge < -0.3 is 43.3 Å². The van der Waals surface area contributed by atoms with Crippen LogP contribution in [0.3, 0.4) is 0 Å². The lowest BCUT2D eigenvalue weighted by atomic mass is 9.95. The highest BCUT2D eigenvalue weighted by Gasteiger charge is 2.49. The van der Waals surface area contributed by atoms with Crippen LogP contribution in [0.1, 0.15) is 64.1 Å². The highest BCUT2D eigenvalue weighted by molar-refractivity contribution is 6.64. The summed E-state index contributed by atoms with van der Waals surface area (Å²) in [6, 6.07) is 8.90. The van der Waals surface area contributed by atoms with Gasteiger partial charge in [-0.1, -0.05) is 27.7 Å². The number of methoxy groups -OCH3 is 4. The Bertz CT molecular complexity index is 1420. The zero-order valence-corrected chi connectivity index (χ0v) is 30.2. The van der Waals surface area contributed by atoms with Gasteiger partial charge in [-0.3, -0.25) is 14.4 Å². The van der Waals surface area contributed by atoms with Gasteiger partial charge in [0.15, 0.2) is 36.3 Å². The molecule has 2 fully saturated rings.